The molecule has 0 saturated carbocycles. The van der Waals surface area contributed by atoms with Crippen LogP contribution < -0.4 is 5.73 Å². The summed E-state index contributed by atoms with van der Waals surface area (Å²) in [6.45, 7) is 7.63. The largest absolute Gasteiger partial charge is 0.339 e. The highest BCUT2D eigenvalue weighted by molar-refractivity contribution is 5.83. The Morgan fingerprint density at radius 2 is 2.06 bits per heavy atom. The molecule has 1 saturated heterocycles. The van der Waals surface area contributed by atoms with Gasteiger partial charge in [-0.1, -0.05) is 26.7 Å². The molecule has 3 nitrogen and oxygen atoms in total. The van der Waals surface area contributed by atoms with E-state index in [0.717, 1.165) is 32.2 Å². The van der Waals surface area contributed by atoms with Crippen molar-refractivity contribution in [2.24, 2.45) is 11.1 Å². The van der Waals surface area contributed by atoms with Crippen molar-refractivity contribution in [1.82, 2.24) is 4.90 Å². The summed E-state index contributed by atoms with van der Waals surface area (Å²) in [4.78, 5) is 14.8. The number of nitrogens with two attached hydrogens (primary N) is 1. The molecule has 0 aromatic rings. The first kappa shape index (κ1) is 14.5. The molecule has 1 heterocycles. The van der Waals surface area contributed by atoms with Crippen LogP contribution in [-0.4, -0.2) is 29.9 Å². The van der Waals surface area contributed by atoms with Crippen LogP contribution in [0.3, 0.4) is 0 Å². The van der Waals surface area contributed by atoms with Crippen molar-refractivity contribution >= 4 is 5.91 Å². The molecule has 0 radical (unpaired) electrons. The van der Waals surface area contributed by atoms with E-state index in [4.69, 9.17) is 5.73 Å². The molecule has 1 aliphatic rings. The second-order valence-electron chi connectivity index (χ2n) is 5.53. The van der Waals surface area contributed by atoms with E-state index in [0.29, 0.717) is 12.6 Å². The van der Waals surface area contributed by atoms with Gasteiger partial charge < -0.3 is 10.6 Å². The number of amides is 1. The van der Waals surface area contributed by atoms with E-state index in [1.54, 1.807) is 0 Å². The number of hydrogen-bond donors (Lipinski definition) is 1. The Hall–Kier alpha value is -0.570. The Morgan fingerprint density at radius 1 is 1.35 bits per heavy atom. The highest BCUT2D eigenvalue weighted by atomic mass is 16.2. The number of rotatable bonds is 4. The zero-order valence-electron chi connectivity index (χ0n) is 11.7. The summed E-state index contributed by atoms with van der Waals surface area (Å²) in [5.74, 6) is 0.274. The third kappa shape index (κ3) is 3.21. The molecule has 1 fully saturated rings. The molecular weight excluding hydrogens is 212 g/mol. The van der Waals surface area contributed by atoms with Gasteiger partial charge >= 0.3 is 0 Å². The maximum atomic E-state index is 12.7. The van der Waals surface area contributed by atoms with Gasteiger partial charge in [-0.25, -0.2) is 0 Å². The van der Waals surface area contributed by atoms with Crippen molar-refractivity contribution in [3.63, 3.8) is 0 Å². The van der Waals surface area contributed by atoms with Crippen LogP contribution in [0.25, 0.3) is 0 Å². The van der Waals surface area contributed by atoms with E-state index in [9.17, 15) is 4.79 Å². The maximum Gasteiger partial charge on any atom is 0.230 e. The fourth-order valence-electron chi connectivity index (χ4n) is 2.60. The Bertz CT molecular complexity index is 249. The first-order valence-electron chi connectivity index (χ1n) is 7.10. The van der Waals surface area contributed by atoms with E-state index in [1.807, 2.05) is 6.92 Å². The second-order valence-corrected chi connectivity index (χ2v) is 5.53. The van der Waals surface area contributed by atoms with Crippen LogP contribution in [-0.2, 0) is 4.79 Å². The Balaban J connectivity index is 2.83. The van der Waals surface area contributed by atoms with Gasteiger partial charge in [0.25, 0.3) is 0 Å². The van der Waals surface area contributed by atoms with E-state index in [-0.39, 0.29) is 11.3 Å². The van der Waals surface area contributed by atoms with Crippen molar-refractivity contribution < 1.29 is 4.79 Å². The monoisotopic (exact) mass is 240 g/mol. The molecule has 0 aliphatic carbocycles. The van der Waals surface area contributed by atoms with Crippen molar-refractivity contribution in [1.29, 1.82) is 0 Å². The van der Waals surface area contributed by atoms with E-state index in [2.05, 4.69) is 18.7 Å². The first-order chi connectivity index (χ1) is 8.09. The van der Waals surface area contributed by atoms with E-state index >= 15 is 0 Å². The van der Waals surface area contributed by atoms with Crippen molar-refractivity contribution in [2.75, 3.05) is 13.1 Å². The maximum absolute atomic E-state index is 12.7. The van der Waals surface area contributed by atoms with Crippen LogP contribution in [0.4, 0.5) is 0 Å². The predicted molar refractivity (Wildman–Crippen MR) is 71.7 cm³/mol. The Morgan fingerprint density at radius 3 is 2.59 bits per heavy atom. The lowest BCUT2D eigenvalue weighted by molar-refractivity contribution is -0.143. The minimum absolute atomic E-state index is 0.274. The molecule has 17 heavy (non-hydrogen) atoms. The summed E-state index contributed by atoms with van der Waals surface area (Å²) in [5, 5.41) is 0. The third-order valence-corrected chi connectivity index (χ3v) is 4.36. The van der Waals surface area contributed by atoms with Gasteiger partial charge in [-0.3, -0.25) is 4.79 Å². The van der Waals surface area contributed by atoms with Gasteiger partial charge in [0.2, 0.25) is 5.91 Å². The van der Waals surface area contributed by atoms with Gasteiger partial charge in [-0.2, -0.15) is 0 Å². The van der Waals surface area contributed by atoms with Gasteiger partial charge in [0.15, 0.2) is 0 Å². The van der Waals surface area contributed by atoms with Crippen molar-refractivity contribution in [3.8, 4) is 0 Å². The summed E-state index contributed by atoms with van der Waals surface area (Å²) in [7, 11) is 0. The normalized spacial score (nSPS) is 25.2. The molecule has 2 N–H and O–H groups in total. The lowest BCUT2D eigenvalue weighted by atomic mass is 9.85. The summed E-state index contributed by atoms with van der Waals surface area (Å²) < 4.78 is 0. The average molecular weight is 240 g/mol. The van der Waals surface area contributed by atoms with Crippen LogP contribution in [0.15, 0.2) is 0 Å². The SMILES string of the molecule is CCC1CCCCCN1C(=O)C(C)(CC)CN. The first-order valence-corrected chi connectivity index (χ1v) is 7.10. The number of hydrogen-bond acceptors (Lipinski definition) is 2. The standard InChI is InChI=1S/C14H28N2O/c1-4-12-9-7-6-8-10-16(12)13(17)14(3,5-2)11-15/h12H,4-11,15H2,1-3H3. The molecule has 3 heteroatoms. The zero-order chi connectivity index (χ0) is 12.9. The lowest BCUT2D eigenvalue weighted by Crippen LogP contribution is -2.50. The molecule has 0 bridgehead atoms. The molecule has 2 atom stereocenters. The predicted octanol–water partition coefficient (Wildman–Crippen LogP) is 2.54. The van der Waals surface area contributed by atoms with Crippen LogP contribution in [0.5, 0.6) is 0 Å². The minimum Gasteiger partial charge on any atom is -0.339 e. The van der Waals surface area contributed by atoms with Crippen LogP contribution >= 0.6 is 0 Å². The fourth-order valence-corrected chi connectivity index (χ4v) is 2.60. The molecule has 1 aliphatic heterocycles. The van der Waals surface area contributed by atoms with Crippen LogP contribution in [0, 0.1) is 5.41 Å². The number of nitrogens with zero attached hydrogens (tertiary/aromatic N) is 1. The number of carbonyl (C=O) groups excluding carboxylic acids is 1. The molecule has 2 unspecified atom stereocenters. The van der Waals surface area contributed by atoms with Gasteiger partial charge in [0.05, 0.1) is 5.41 Å². The average Bonchev–Trinajstić information content (AvgIpc) is 2.61. The highest BCUT2D eigenvalue weighted by Gasteiger charge is 2.36. The second kappa shape index (κ2) is 6.39. The third-order valence-electron chi connectivity index (χ3n) is 4.36. The van der Waals surface area contributed by atoms with E-state index < -0.39 is 0 Å². The van der Waals surface area contributed by atoms with Gasteiger partial charge in [0.1, 0.15) is 0 Å². The van der Waals surface area contributed by atoms with Crippen LogP contribution in [0.1, 0.15) is 59.3 Å². The molecule has 0 aromatic heterocycles. The van der Waals surface area contributed by atoms with Gasteiger partial charge in [-0.15, -0.1) is 0 Å². The van der Waals surface area contributed by atoms with Crippen molar-refractivity contribution in [2.45, 2.75) is 65.3 Å². The smallest absolute Gasteiger partial charge is 0.230 e. The summed E-state index contributed by atoms with van der Waals surface area (Å²) >= 11 is 0. The van der Waals surface area contributed by atoms with E-state index in [1.165, 1.54) is 12.8 Å². The van der Waals surface area contributed by atoms with Crippen LogP contribution in [0.2, 0.25) is 0 Å². The number of carbonyl (C=O) groups is 1. The zero-order valence-corrected chi connectivity index (χ0v) is 11.7. The van der Waals surface area contributed by atoms with Gasteiger partial charge in [-0.05, 0) is 32.6 Å². The molecule has 1 rings (SSSR count). The van der Waals surface area contributed by atoms with Gasteiger partial charge in [0, 0.05) is 19.1 Å². The highest BCUT2D eigenvalue weighted by Crippen LogP contribution is 2.28. The summed E-state index contributed by atoms with van der Waals surface area (Å²) in [6, 6.07) is 0.433. The minimum atomic E-state index is -0.363. The Kier molecular flexibility index (Phi) is 5.44. The topological polar surface area (TPSA) is 46.3 Å². The molecule has 100 valence electrons. The summed E-state index contributed by atoms with van der Waals surface area (Å²) in [5.41, 5.74) is 5.44. The molecular formula is C14H28N2O. The quantitative estimate of drug-likeness (QED) is 0.821. The van der Waals surface area contributed by atoms with Crippen molar-refractivity contribution in [3.05, 3.63) is 0 Å². The lowest BCUT2D eigenvalue weighted by Gasteiger charge is -2.37. The fraction of sp³-hybridized carbons (Fsp3) is 0.929. The molecule has 1 amide bonds. The summed E-state index contributed by atoms with van der Waals surface area (Å²) in [6.07, 6.45) is 6.71. The molecule has 0 spiro atoms. The number of likely N-dealkylation sites (tertiary alicyclic amines) is 1. The molecule has 0 aromatic carbocycles. The Labute approximate surface area is 106 Å².